The van der Waals surface area contributed by atoms with Gasteiger partial charge in [-0.05, 0) is 18.5 Å². The summed E-state index contributed by atoms with van der Waals surface area (Å²) in [7, 11) is 2.67. The third kappa shape index (κ3) is 4.29. The smallest absolute Gasteiger partial charge is 0.425 e. The number of carbonyl (C=O) groups excluding carboxylic acids is 2. The highest BCUT2D eigenvalue weighted by Crippen LogP contribution is 2.01. The number of nitrogens with zero attached hydrogens (tertiary/aromatic N) is 1. The van der Waals surface area contributed by atoms with E-state index in [1.54, 1.807) is 6.92 Å². The minimum absolute atomic E-state index is 0.252. The van der Waals surface area contributed by atoms with Gasteiger partial charge in [-0.25, -0.2) is 15.2 Å². The first kappa shape index (κ1) is 13.0. The summed E-state index contributed by atoms with van der Waals surface area (Å²) in [4.78, 5) is 21.7. The predicted molar refractivity (Wildman–Crippen MR) is 50.0 cm³/mol. The SMILES string of the molecule is COCC(C)N(NC(=O)OC)C(=O)Cl. The van der Waals surface area contributed by atoms with Gasteiger partial charge in [0, 0.05) is 7.11 Å². The largest absolute Gasteiger partial charge is 0.452 e. The molecule has 0 aromatic heterocycles. The Bertz CT molecular complexity index is 212. The molecule has 0 fully saturated rings. The molecule has 0 heterocycles. The van der Waals surface area contributed by atoms with Crippen molar-refractivity contribution in [1.82, 2.24) is 10.4 Å². The minimum atomic E-state index is -0.806. The summed E-state index contributed by atoms with van der Waals surface area (Å²) in [5, 5.41) is 0.122. The minimum Gasteiger partial charge on any atom is -0.452 e. The van der Waals surface area contributed by atoms with E-state index in [0.717, 1.165) is 5.01 Å². The molecule has 0 spiro atoms. The number of nitrogens with one attached hydrogen (secondary N) is 1. The Morgan fingerprint density at radius 2 is 2.07 bits per heavy atom. The summed E-state index contributed by atoms with van der Waals surface area (Å²) in [6, 6.07) is -0.371. The summed E-state index contributed by atoms with van der Waals surface area (Å²) >= 11 is 5.24. The molecule has 7 heteroatoms. The predicted octanol–water partition coefficient (Wildman–Crippen LogP) is 0.953. The van der Waals surface area contributed by atoms with E-state index in [1.807, 2.05) is 0 Å². The highest BCUT2D eigenvalue weighted by atomic mass is 35.5. The third-order valence-electron chi connectivity index (χ3n) is 1.44. The van der Waals surface area contributed by atoms with Crippen molar-refractivity contribution in [1.29, 1.82) is 0 Å². The van der Waals surface area contributed by atoms with Crippen molar-refractivity contribution in [3.8, 4) is 0 Å². The van der Waals surface area contributed by atoms with Crippen molar-refractivity contribution in [3.63, 3.8) is 0 Å². The van der Waals surface area contributed by atoms with E-state index in [1.165, 1.54) is 14.2 Å². The summed E-state index contributed by atoms with van der Waals surface area (Å²) in [5.41, 5.74) is 2.16. The fourth-order valence-corrected chi connectivity index (χ4v) is 0.996. The van der Waals surface area contributed by atoms with Crippen LogP contribution in [-0.2, 0) is 9.47 Å². The van der Waals surface area contributed by atoms with E-state index in [-0.39, 0.29) is 12.6 Å². The molecular weight excluding hydrogens is 212 g/mol. The van der Waals surface area contributed by atoms with E-state index >= 15 is 0 Å². The molecule has 0 aliphatic rings. The summed E-state index contributed by atoms with van der Waals surface area (Å²) in [6.45, 7) is 1.92. The molecule has 1 atom stereocenters. The molecule has 0 aromatic carbocycles. The summed E-state index contributed by atoms with van der Waals surface area (Å²) in [6.07, 6.45) is -0.762. The summed E-state index contributed by atoms with van der Waals surface area (Å²) < 4.78 is 9.12. The molecule has 0 saturated carbocycles. The molecule has 0 aromatic rings. The fourth-order valence-electron chi connectivity index (χ4n) is 0.787. The Hall–Kier alpha value is -1.01. The normalized spacial score (nSPS) is 11.7. The summed E-state index contributed by atoms with van der Waals surface area (Å²) in [5.74, 6) is 0. The molecule has 0 aliphatic carbocycles. The molecular formula is C7H13ClN2O4. The second kappa shape index (κ2) is 6.44. The number of ether oxygens (including phenoxy) is 2. The van der Waals surface area contributed by atoms with Crippen LogP contribution in [0.5, 0.6) is 0 Å². The lowest BCUT2D eigenvalue weighted by molar-refractivity contribution is 0.0841. The van der Waals surface area contributed by atoms with Crippen LogP contribution in [0.4, 0.5) is 9.59 Å². The van der Waals surface area contributed by atoms with Crippen LogP contribution in [0.25, 0.3) is 0 Å². The van der Waals surface area contributed by atoms with Crippen molar-refractivity contribution in [2.45, 2.75) is 13.0 Å². The van der Waals surface area contributed by atoms with Crippen molar-refractivity contribution >= 4 is 23.1 Å². The van der Waals surface area contributed by atoms with Crippen LogP contribution in [0.3, 0.4) is 0 Å². The van der Waals surface area contributed by atoms with Crippen molar-refractivity contribution in [2.75, 3.05) is 20.8 Å². The first-order valence-corrected chi connectivity index (χ1v) is 4.23. The fraction of sp³-hybridized carbons (Fsp3) is 0.714. The van der Waals surface area contributed by atoms with E-state index in [0.29, 0.717) is 0 Å². The third-order valence-corrected chi connectivity index (χ3v) is 1.62. The molecule has 0 aliphatic heterocycles. The van der Waals surface area contributed by atoms with Crippen molar-refractivity contribution in [3.05, 3.63) is 0 Å². The maximum atomic E-state index is 10.9. The Kier molecular flexibility index (Phi) is 5.98. The monoisotopic (exact) mass is 224 g/mol. The zero-order chi connectivity index (χ0) is 11.1. The van der Waals surface area contributed by atoms with Gasteiger partial charge in [-0.1, -0.05) is 0 Å². The number of hydrazine groups is 1. The second-order valence-corrected chi connectivity index (χ2v) is 2.85. The average Bonchev–Trinajstić information content (AvgIpc) is 2.13. The van der Waals surface area contributed by atoms with Gasteiger partial charge >= 0.3 is 11.5 Å². The number of methoxy groups -OCH3 is 2. The van der Waals surface area contributed by atoms with Crippen LogP contribution in [0.2, 0.25) is 0 Å². The molecule has 0 saturated heterocycles. The first-order chi connectivity index (χ1) is 6.52. The highest BCUT2D eigenvalue weighted by Gasteiger charge is 2.20. The lowest BCUT2D eigenvalue weighted by atomic mass is 10.4. The van der Waals surface area contributed by atoms with E-state index in [4.69, 9.17) is 16.3 Å². The van der Waals surface area contributed by atoms with E-state index in [2.05, 4.69) is 10.2 Å². The molecule has 0 bridgehead atoms. The maximum absolute atomic E-state index is 10.9. The Labute approximate surface area is 87.1 Å². The van der Waals surface area contributed by atoms with Gasteiger partial charge < -0.3 is 9.47 Å². The number of halogens is 1. The number of carbonyl (C=O) groups is 2. The van der Waals surface area contributed by atoms with Crippen LogP contribution in [0, 0.1) is 0 Å². The standard InChI is InChI=1S/C7H13ClN2O4/c1-5(4-13-2)10(6(8)11)9-7(12)14-3/h5H,4H2,1-3H3,(H,9,12). The van der Waals surface area contributed by atoms with Gasteiger partial charge in [0.05, 0.1) is 19.8 Å². The number of hydrogen-bond acceptors (Lipinski definition) is 4. The van der Waals surface area contributed by atoms with Gasteiger partial charge in [-0.15, -0.1) is 0 Å². The van der Waals surface area contributed by atoms with Crippen molar-refractivity contribution in [2.24, 2.45) is 0 Å². The second-order valence-electron chi connectivity index (χ2n) is 2.53. The van der Waals surface area contributed by atoms with Gasteiger partial charge in [0.2, 0.25) is 0 Å². The van der Waals surface area contributed by atoms with Gasteiger partial charge in [-0.3, -0.25) is 4.79 Å². The van der Waals surface area contributed by atoms with Crippen LogP contribution < -0.4 is 5.43 Å². The van der Waals surface area contributed by atoms with E-state index in [9.17, 15) is 9.59 Å². The average molecular weight is 225 g/mol. The van der Waals surface area contributed by atoms with Gasteiger partial charge in [0.1, 0.15) is 0 Å². The molecule has 82 valence electrons. The lowest BCUT2D eigenvalue weighted by Gasteiger charge is -2.25. The molecule has 14 heavy (non-hydrogen) atoms. The molecule has 2 amide bonds. The molecule has 1 N–H and O–H groups in total. The topological polar surface area (TPSA) is 67.9 Å². The zero-order valence-electron chi connectivity index (χ0n) is 8.24. The molecule has 0 radical (unpaired) electrons. The Morgan fingerprint density at radius 1 is 1.50 bits per heavy atom. The number of hydrogen-bond donors (Lipinski definition) is 1. The Morgan fingerprint density at radius 3 is 2.43 bits per heavy atom. The molecule has 1 unspecified atom stereocenters. The number of rotatable bonds is 3. The molecule has 6 nitrogen and oxygen atoms in total. The highest BCUT2D eigenvalue weighted by molar-refractivity contribution is 6.62. The number of amides is 2. The van der Waals surface area contributed by atoms with Gasteiger partial charge in [0.15, 0.2) is 0 Å². The quantitative estimate of drug-likeness (QED) is 0.440. The van der Waals surface area contributed by atoms with E-state index < -0.39 is 11.5 Å². The van der Waals surface area contributed by atoms with Gasteiger partial charge in [0.25, 0.3) is 0 Å². The van der Waals surface area contributed by atoms with Crippen LogP contribution in [0.1, 0.15) is 6.92 Å². The Balaban J connectivity index is 4.28. The lowest BCUT2D eigenvalue weighted by Crippen LogP contribution is -2.50. The van der Waals surface area contributed by atoms with Crippen LogP contribution >= 0.6 is 11.6 Å². The van der Waals surface area contributed by atoms with Gasteiger partial charge in [-0.2, -0.15) is 0 Å². The maximum Gasteiger partial charge on any atom is 0.425 e. The van der Waals surface area contributed by atoms with Crippen molar-refractivity contribution < 1.29 is 19.1 Å². The van der Waals surface area contributed by atoms with Crippen LogP contribution in [-0.4, -0.2) is 43.3 Å². The zero-order valence-corrected chi connectivity index (χ0v) is 9.00. The van der Waals surface area contributed by atoms with Crippen LogP contribution in [0.15, 0.2) is 0 Å². The first-order valence-electron chi connectivity index (χ1n) is 3.85. The molecule has 0 rings (SSSR count).